The molecule has 0 aliphatic heterocycles. The largest absolute Gasteiger partial charge is 0.480 e. The first-order valence-corrected chi connectivity index (χ1v) is 7.67. The number of nitrogens with one attached hydrogen (secondary N) is 1. The molecule has 0 aliphatic carbocycles. The van der Waals surface area contributed by atoms with Crippen molar-refractivity contribution in [2.24, 2.45) is 5.92 Å². The van der Waals surface area contributed by atoms with E-state index in [2.05, 4.69) is 10.4 Å². The van der Waals surface area contributed by atoms with Crippen molar-refractivity contribution in [1.29, 1.82) is 0 Å². The molecule has 9 heteroatoms. The van der Waals surface area contributed by atoms with E-state index in [0.717, 1.165) is 0 Å². The van der Waals surface area contributed by atoms with Crippen LogP contribution in [0.25, 0.3) is 5.69 Å². The van der Waals surface area contributed by atoms with Crippen LogP contribution in [0.4, 0.5) is 5.69 Å². The van der Waals surface area contributed by atoms with Crippen molar-refractivity contribution in [1.82, 2.24) is 15.1 Å². The average Bonchev–Trinajstić information content (AvgIpc) is 3.08. The van der Waals surface area contributed by atoms with E-state index in [1.807, 2.05) is 6.92 Å². The molecule has 1 aromatic heterocycles. The maximum Gasteiger partial charge on any atom is 0.326 e. The lowest BCUT2D eigenvalue weighted by Crippen LogP contribution is -2.45. The summed E-state index contributed by atoms with van der Waals surface area (Å²) in [6.45, 7) is 3.57. The minimum atomic E-state index is -1.11. The number of carboxylic acid groups (broad SMARTS) is 1. The van der Waals surface area contributed by atoms with E-state index in [1.54, 1.807) is 13.0 Å². The van der Waals surface area contributed by atoms with Gasteiger partial charge in [-0.1, -0.05) is 26.3 Å². The molecule has 0 aliphatic rings. The van der Waals surface area contributed by atoms with E-state index in [0.29, 0.717) is 12.1 Å². The van der Waals surface area contributed by atoms with Crippen molar-refractivity contribution in [2.75, 3.05) is 0 Å². The number of hydrogen-bond acceptors (Lipinski definition) is 5. The third kappa shape index (κ3) is 4.19. The predicted octanol–water partition coefficient (Wildman–Crippen LogP) is 2.01. The van der Waals surface area contributed by atoms with Gasteiger partial charge in [-0.05, 0) is 18.1 Å². The van der Waals surface area contributed by atoms with Crippen LogP contribution in [0.5, 0.6) is 0 Å². The average molecular weight is 346 g/mol. The zero-order valence-corrected chi connectivity index (χ0v) is 13.7. The van der Waals surface area contributed by atoms with Gasteiger partial charge in [0.15, 0.2) is 5.69 Å². The number of hydrogen-bond donors (Lipinski definition) is 2. The van der Waals surface area contributed by atoms with Crippen LogP contribution >= 0.6 is 0 Å². The Balaban J connectivity index is 2.20. The molecule has 0 bridgehead atoms. The number of benzene rings is 1. The van der Waals surface area contributed by atoms with E-state index in [1.165, 1.54) is 35.1 Å². The highest BCUT2D eigenvalue weighted by Gasteiger charge is 2.26. The minimum absolute atomic E-state index is 0.0288. The van der Waals surface area contributed by atoms with Gasteiger partial charge in [-0.25, -0.2) is 9.48 Å². The van der Waals surface area contributed by atoms with Crippen LogP contribution in [0.1, 0.15) is 30.8 Å². The van der Waals surface area contributed by atoms with Gasteiger partial charge in [0.05, 0.1) is 10.6 Å². The molecule has 0 unspecified atom stereocenters. The number of nitro groups is 1. The third-order valence-electron chi connectivity index (χ3n) is 3.89. The van der Waals surface area contributed by atoms with Crippen molar-refractivity contribution in [3.8, 4) is 5.69 Å². The molecule has 2 N–H and O–H groups in total. The standard InChI is InChI=1S/C16H18N4O5/c1-3-10(2)14(16(22)23)17-15(21)13-7-8-19(18-13)11-5-4-6-12(9-11)20(24)25/h4-10,14H,3H2,1-2H3,(H,17,21)(H,22,23)/t10-,14-/m0/s1. The molecule has 2 rings (SSSR count). The summed E-state index contributed by atoms with van der Waals surface area (Å²) in [5.74, 6) is -1.96. The summed E-state index contributed by atoms with van der Waals surface area (Å²) < 4.78 is 1.32. The number of rotatable bonds is 7. The van der Waals surface area contributed by atoms with Gasteiger partial charge in [0, 0.05) is 18.3 Å². The molecule has 0 saturated carbocycles. The highest BCUT2D eigenvalue weighted by molar-refractivity contribution is 5.95. The molecule has 1 amide bonds. The van der Waals surface area contributed by atoms with Gasteiger partial charge >= 0.3 is 5.97 Å². The number of carboxylic acids is 1. The second-order valence-corrected chi connectivity index (χ2v) is 5.60. The third-order valence-corrected chi connectivity index (χ3v) is 3.89. The van der Waals surface area contributed by atoms with E-state index in [9.17, 15) is 24.8 Å². The van der Waals surface area contributed by atoms with E-state index in [-0.39, 0.29) is 17.3 Å². The summed E-state index contributed by atoms with van der Waals surface area (Å²) in [5, 5.41) is 26.6. The molecule has 0 radical (unpaired) electrons. The normalized spacial score (nSPS) is 13.0. The zero-order chi connectivity index (χ0) is 18.6. The van der Waals surface area contributed by atoms with Crippen LogP contribution in [0.15, 0.2) is 36.5 Å². The number of nitro benzene ring substituents is 1. The highest BCUT2D eigenvalue weighted by Crippen LogP contribution is 2.16. The minimum Gasteiger partial charge on any atom is -0.480 e. The summed E-state index contributed by atoms with van der Waals surface area (Å²) in [6.07, 6.45) is 2.08. The van der Waals surface area contributed by atoms with Crippen molar-refractivity contribution in [2.45, 2.75) is 26.3 Å². The van der Waals surface area contributed by atoms with Crippen molar-refractivity contribution >= 4 is 17.6 Å². The Hall–Kier alpha value is -3.23. The molecule has 1 aromatic carbocycles. The Morgan fingerprint density at radius 1 is 1.40 bits per heavy atom. The van der Waals surface area contributed by atoms with Gasteiger partial charge in [0.2, 0.25) is 0 Å². The second-order valence-electron chi connectivity index (χ2n) is 5.60. The zero-order valence-electron chi connectivity index (χ0n) is 13.7. The van der Waals surface area contributed by atoms with Gasteiger partial charge in [0.25, 0.3) is 11.6 Å². The van der Waals surface area contributed by atoms with E-state index >= 15 is 0 Å². The lowest BCUT2D eigenvalue weighted by Gasteiger charge is -2.19. The molecule has 2 aromatic rings. The van der Waals surface area contributed by atoms with Crippen LogP contribution < -0.4 is 5.32 Å². The Morgan fingerprint density at radius 2 is 2.12 bits per heavy atom. The summed E-state index contributed by atoms with van der Waals surface area (Å²) in [4.78, 5) is 33.8. The molecular formula is C16H18N4O5. The summed E-state index contributed by atoms with van der Waals surface area (Å²) >= 11 is 0. The van der Waals surface area contributed by atoms with Gasteiger partial charge < -0.3 is 10.4 Å². The Bertz CT molecular complexity index is 801. The SMILES string of the molecule is CC[C@H](C)[C@H](NC(=O)c1ccn(-c2cccc([N+](=O)[O-])c2)n1)C(=O)O. The first kappa shape index (κ1) is 18.1. The maximum atomic E-state index is 12.2. The molecule has 9 nitrogen and oxygen atoms in total. The first-order valence-electron chi connectivity index (χ1n) is 7.67. The summed E-state index contributed by atoms with van der Waals surface area (Å²) in [5.41, 5.74) is 0.354. The lowest BCUT2D eigenvalue weighted by atomic mass is 9.99. The Morgan fingerprint density at radius 3 is 2.72 bits per heavy atom. The lowest BCUT2D eigenvalue weighted by molar-refractivity contribution is -0.384. The predicted molar refractivity (Wildman–Crippen MR) is 88.6 cm³/mol. The first-order chi connectivity index (χ1) is 11.8. The summed E-state index contributed by atoms with van der Waals surface area (Å²) in [6, 6.07) is 6.21. The quantitative estimate of drug-likeness (QED) is 0.583. The van der Waals surface area contributed by atoms with Gasteiger partial charge in [-0.2, -0.15) is 5.10 Å². The van der Waals surface area contributed by atoms with E-state index in [4.69, 9.17) is 0 Å². The van der Waals surface area contributed by atoms with Crippen molar-refractivity contribution < 1.29 is 19.6 Å². The van der Waals surface area contributed by atoms with Gasteiger partial charge in [-0.3, -0.25) is 14.9 Å². The van der Waals surface area contributed by atoms with Crippen LogP contribution in [0, 0.1) is 16.0 Å². The van der Waals surface area contributed by atoms with E-state index < -0.39 is 22.8 Å². The molecule has 2 atom stereocenters. The number of non-ortho nitro benzene ring substituents is 1. The second kappa shape index (κ2) is 7.56. The molecule has 25 heavy (non-hydrogen) atoms. The Labute approximate surface area is 143 Å². The smallest absolute Gasteiger partial charge is 0.326 e. The maximum absolute atomic E-state index is 12.2. The molecule has 1 heterocycles. The highest BCUT2D eigenvalue weighted by atomic mass is 16.6. The van der Waals surface area contributed by atoms with Crippen LogP contribution in [-0.4, -0.2) is 37.7 Å². The number of amides is 1. The summed E-state index contributed by atoms with van der Waals surface area (Å²) in [7, 11) is 0. The number of aromatic nitrogens is 2. The van der Waals surface area contributed by atoms with Crippen molar-refractivity contribution in [3.05, 3.63) is 52.3 Å². The fraction of sp³-hybridized carbons (Fsp3) is 0.312. The topological polar surface area (TPSA) is 127 Å². The monoisotopic (exact) mass is 346 g/mol. The fourth-order valence-electron chi connectivity index (χ4n) is 2.24. The number of carbonyl (C=O) groups is 2. The molecule has 132 valence electrons. The molecule has 0 fully saturated rings. The Kier molecular flexibility index (Phi) is 5.48. The van der Waals surface area contributed by atoms with Gasteiger partial charge in [0.1, 0.15) is 6.04 Å². The van der Waals surface area contributed by atoms with Crippen LogP contribution in [0.2, 0.25) is 0 Å². The van der Waals surface area contributed by atoms with Crippen LogP contribution in [-0.2, 0) is 4.79 Å². The fourth-order valence-corrected chi connectivity index (χ4v) is 2.24. The molecule has 0 spiro atoms. The molecular weight excluding hydrogens is 328 g/mol. The van der Waals surface area contributed by atoms with Gasteiger partial charge in [-0.15, -0.1) is 0 Å². The number of carbonyl (C=O) groups excluding carboxylic acids is 1. The molecule has 0 saturated heterocycles. The van der Waals surface area contributed by atoms with Crippen molar-refractivity contribution in [3.63, 3.8) is 0 Å². The number of nitrogens with zero attached hydrogens (tertiary/aromatic N) is 3. The number of aliphatic carboxylic acids is 1. The van der Waals surface area contributed by atoms with Crippen LogP contribution in [0.3, 0.4) is 0 Å².